The fraction of sp³-hybridized carbons (Fsp3) is 0.400. The molecule has 0 bridgehead atoms. The second-order valence-corrected chi connectivity index (χ2v) is 5.75. The van der Waals surface area contributed by atoms with Crippen LogP contribution in [0, 0.1) is 13.8 Å². The van der Waals surface area contributed by atoms with E-state index >= 15 is 0 Å². The van der Waals surface area contributed by atoms with Crippen molar-refractivity contribution in [1.82, 2.24) is 5.32 Å². The van der Waals surface area contributed by atoms with E-state index in [2.05, 4.69) is 69.4 Å². The lowest BCUT2D eigenvalue weighted by atomic mass is 9.90. The van der Waals surface area contributed by atoms with E-state index in [9.17, 15) is 0 Å². The summed E-state index contributed by atoms with van der Waals surface area (Å²) in [5.74, 6) is 0. The molecule has 1 heteroatoms. The average Bonchev–Trinajstić information content (AvgIpc) is 2.51. The first kappa shape index (κ1) is 15.8. The van der Waals surface area contributed by atoms with Crippen LogP contribution in [0.1, 0.15) is 53.3 Å². The summed E-state index contributed by atoms with van der Waals surface area (Å²) in [7, 11) is 2.05. The van der Waals surface area contributed by atoms with Crippen molar-refractivity contribution in [2.75, 3.05) is 7.05 Å². The van der Waals surface area contributed by atoms with Crippen molar-refractivity contribution < 1.29 is 0 Å². The number of hydrogen-bond acceptors (Lipinski definition) is 1. The Morgan fingerprint density at radius 3 is 2.29 bits per heavy atom. The van der Waals surface area contributed by atoms with Gasteiger partial charge in [0.15, 0.2) is 0 Å². The van der Waals surface area contributed by atoms with Crippen molar-refractivity contribution in [3.05, 3.63) is 69.8 Å². The summed E-state index contributed by atoms with van der Waals surface area (Å²) in [6, 6.07) is 13.8. The van der Waals surface area contributed by atoms with Gasteiger partial charge in [0.2, 0.25) is 0 Å². The van der Waals surface area contributed by atoms with Crippen LogP contribution in [-0.4, -0.2) is 7.05 Å². The van der Waals surface area contributed by atoms with Crippen LogP contribution in [0.4, 0.5) is 0 Å². The van der Waals surface area contributed by atoms with E-state index in [4.69, 9.17) is 0 Å². The Bertz CT molecular complexity index is 613. The van der Waals surface area contributed by atoms with Crippen LogP contribution < -0.4 is 5.32 Å². The summed E-state index contributed by atoms with van der Waals surface area (Å²) in [5.41, 5.74) is 8.42. The highest BCUT2D eigenvalue weighted by molar-refractivity contribution is 5.43. The third kappa shape index (κ3) is 3.19. The lowest BCUT2D eigenvalue weighted by molar-refractivity contribution is 0.685. The first-order valence-corrected chi connectivity index (χ1v) is 7.97. The molecule has 1 nitrogen and oxygen atoms in total. The van der Waals surface area contributed by atoms with Gasteiger partial charge < -0.3 is 5.32 Å². The summed E-state index contributed by atoms with van der Waals surface area (Å²) in [6.07, 6.45) is 2.21. The predicted octanol–water partition coefficient (Wildman–Crippen LogP) is 4.74. The molecule has 2 aromatic carbocycles. The molecule has 0 aliphatic heterocycles. The fourth-order valence-corrected chi connectivity index (χ4v) is 3.09. The van der Waals surface area contributed by atoms with Crippen LogP contribution in [0.3, 0.4) is 0 Å². The van der Waals surface area contributed by atoms with E-state index in [1.165, 1.54) is 33.4 Å². The highest BCUT2D eigenvalue weighted by Gasteiger charge is 2.16. The monoisotopic (exact) mass is 281 g/mol. The van der Waals surface area contributed by atoms with Crippen molar-refractivity contribution in [1.29, 1.82) is 0 Å². The molecular formula is C20H27N. The zero-order chi connectivity index (χ0) is 15.4. The second-order valence-electron chi connectivity index (χ2n) is 5.75. The third-order valence-electron chi connectivity index (χ3n) is 4.57. The maximum atomic E-state index is 3.49. The zero-order valence-electron chi connectivity index (χ0n) is 14.0. The normalized spacial score (nSPS) is 12.4. The van der Waals surface area contributed by atoms with Crippen molar-refractivity contribution in [3.8, 4) is 0 Å². The number of rotatable bonds is 5. The van der Waals surface area contributed by atoms with Crippen LogP contribution in [0.25, 0.3) is 0 Å². The van der Waals surface area contributed by atoms with Crippen LogP contribution in [0.5, 0.6) is 0 Å². The lowest BCUT2D eigenvalue weighted by Gasteiger charge is -2.22. The van der Waals surface area contributed by atoms with Gasteiger partial charge in [-0.05, 0) is 67.1 Å². The molecule has 2 aromatic rings. The molecule has 0 amide bonds. The summed E-state index contributed by atoms with van der Waals surface area (Å²) >= 11 is 0. The van der Waals surface area contributed by atoms with E-state index in [0.717, 1.165) is 12.8 Å². The first-order valence-electron chi connectivity index (χ1n) is 7.97. The second kappa shape index (κ2) is 6.91. The predicted molar refractivity (Wildman–Crippen MR) is 92.0 cm³/mol. The van der Waals surface area contributed by atoms with Crippen molar-refractivity contribution >= 4 is 0 Å². The Morgan fingerprint density at radius 2 is 1.67 bits per heavy atom. The summed E-state index contributed by atoms with van der Waals surface area (Å²) < 4.78 is 0. The SMILES string of the molecule is CCc1ccc(C(NC)c2cccc(C)c2C)cc1CC. The van der Waals surface area contributed by atoms with E-state index < -0.39 is 0 Å². The molecule has 0 spiro atoms. The molecule has 1 unspecified atom stereocenters. The van der Waals surface area contributed by atoms with Gasteiger partial charge in [-0.25, -0.2) is 0 Å². The van der Waals surface area contributed by atoms with Gasteiger partial charge in [0.05, 0.1) is 6.04 Å². The molecule has 1 atom stereocenters. The summed E-state index contributed by atoms with van der Waals surface area (Å²) in [6.45, 7) is 8.87. The largest absolute Gasteiger partial charge is 0.309 e. The molecular weight excluding hydrogens is 254 g/mol. The minimum absolute atomic E-state index is 0.265. The Labute approximate surface area is 129 Å². The topological polar surface area (TPSA) is 12.0 Å². The standard InChI is InChI=1S/C20H27N/c1-6-16-11-12-18(13-17(16)7-2)20(21-5)19-10-8-9-14(3)15(19)4/h8-13,20-21H,6-7H2,1-5H3. The van der Waals surface area contributed by atoms with Gasteiger partial charge in [0.1, 0.15) is 0 Å². The van der Waals surface area contributed by atoms with Gasteiger partial charge in [-0.15, -0.1) is 0 Å². The molecule has 0 fully saturated rings. The van der Waals surface area contributed by atoms with Crippen LogP contribution >= 0.6 is 0 Å². The van der Waals surface area contributed by atoms with E-state index in [1.54, 1.807) is 0 Å². The van der Waals surface area contributed by atoms with Gasteiger partial charge in [-0.1, -0.05) is 50.2 Å². The summed E-state index contributed by atoms with van der Waals surface area (Å²) in [4.78, 5) is 0. The molecule has 0 aromatic heterocycles. The number of nitrogens with one attached hydrogen (secondary N) is 1. The maximum Gasteiger partial charge on any atom is 0.0577 e. The fourth-order valence-electron chi connectivity index (χ4n) is 3.09. The zero-order valence-corrected chi connectivity index (χ0v) is 14.0. The van der Waals surface area contributed by atoms with Crippen LogP contribution in [0.2, 0.25) is 0 Å². The minimum Gasteiger partial charge on any atom is -0.309 e. The molecule has 1 N–H and O–H groups in total. The van der Waals surface area contributed by atoms with Gasteiger partial charge >= 0.3 is 0 Å². The molecule has 0 saturated heterocycles. The Balaban J connectivity index is 2.49. The van der Waals surface area contributed by atoms with Gasteiger partial charge in [0, 0.05) is 0 Å². The first-order chi connectivity index (χ1) is 10.1. The quantitative estimate of drug-likeness (QED) is 0.835. The van der Waals surface area contributed by atoms with Crippen LogP contribution in [0.15, 0.2) is 36.4 Å². The Hall–Kier alpha value is -1.60. The van der Waals surface area contributed by atoms with Gasteiger partial charge in [-0.3, -0.25) is 0 Å². The number of hydrogen-bond donors (Lipinski definition) is 1. The molecule has 0 saturated carbocycles. The van der Waals surface area contributed by atoms with E-state index in [-0.39, 0.29) is 6.04 Å². The highest BCUT2D eigenvalue weighted by atomic mass is 14.9. The average molecular weight is 281 g/mol. The molecule has 0 aliphatic carbocycles. The number of aryl methyl sites for hydroxylation is 3. The number of benzene rings is 2. The van der Waals surface area contributed by atoms with Crippen LogP contribution in [-0.2, 0) is 12.8 Å². The van der Waals surface area contributed by atoms with E-state index in [1.807, 2.05) is 7.05 Å². The third-order valence-corrected chi connectivity index (χ3v) is 4.57. The highest BCUT2D eigenvalue weighted by Crippen LogP contribution is 2.28. The lowest BCUT2D eigenvalue weighted by Crippen LogP contribution is -2.19. The summed E-state index contributed by atoms with van der Waals surface area (Å²) in [5, 5.41) is 3.49. The molecule has 112 valence electrons. The molecule has 0 radical (unpaired) electrons. The minimum atomic E-state index is 0.265. The molecule has 0 heterocycles. The van der Waals surface area contributed by atoms with Crippen molar-refractivity contribution in [2.45, 2.75) is 46.6 Å². The van der Waals surface area contributed by atoms with Crippen molar-refractivity contribution in [2.24, 2.45) is 0 Å². The van der Waals surface area contributed by atoms with Gasteiger partial charge in [0.25, 0.3) is 0 Å². The maximum absolute atomic E-state index is 3.49. The smallest absolute Gasteiger partial charge is 0.0577 e. The Kier molecular flexibility index (Phi) is 5.19. The van der Waals surface area contributed by atoms with Gasteiger partial charge in [-0.2, -0.15) is 0 Å². The molecule has 21 heavy (non-hydrogen) atoms. The van der Waals surface area contributed by atoms with Crippen molar-refractivity contribution in [3.63, 3.8) is 0 Å². The molecule has 0 aliphatic rings. The Morgan fingerprint density at radius 1 is 0.952 bits per heavy atom. The van der Waals surface area contributed by atoms with E-state index in [0.29, 0.717) is 0 Å². The molecule has 2 rings (SSSR count).